The normalized spacial score (nSPS) is 12.7. The highest BCUT2D eigenvalue weighted by Gasteiger charge is 2.08. The summed E-state index contributed by atoms with van der Waals surface area (Å²) in [7, 11) is 0. The number of para-hydroxylation sites is 1. The molecule has 20 heavy (non-hydrogen) atoms. The second kappa shape index (κ2) is 4.98. The van der Waals surface area contributed by atoms with Crippen molar-refractivity contribution < 1.29 is 5.11 Å². The molecule has 0 saturated heterocycles. The monoisotopic (exact) mass is 267 g/mol. The van der Waals surface area contributed by atoms with Gasteiger partial charge in [-0.1, -0.05) is 30.3 Å². The van der Waals surface area contributed by atoms with Crippen molar-refractivity contribution in [3.63, 3.8) is 0 Å². The first-order chi connectivity index (χ1) is 9.65. The highest BCUT2D eigenvalue weighted by atomic mass is 16.3. The molecule has 2 aromatic carbocycles. The number of rotatable bonds is 3. The lowest BCUT2D eigenvalue weighted by molar-refractivity contribution is 0.477. The number of fused-ring (bicyclic) bond motifs is 1. The van der Waals surface area contributed by atoms with E-state index in [1.165, 1.54) is 0 Å². The molecule has 1 heterocycles. The summed E-state index contributed by atoms with van der Waals surface area (Å²) < 4.78 is 1.91. The fourth-order valence-corrected chi connectivity index (χ4v) is 2.37. The molecular weight excluding hydrogens is 250 g/mol. The number of nitrogens with two attached hydrogens (primary N) is 1. The second-order valence-electron chi connectivity index (χ2n) is 5.09. The molecule has 4 heteroatoms. The van der Waals surface area contributed by atoms with E-state index in [1.807, 2.05) is 54.2 Å². The van der Waals surface area contributed by atoms with Gasteiger partial charge in [0.1, 0.15) is 5.75 Å². The van der Waals surface area contributed by atoms with E-state index in [0.717, 1.165) is 22.0 Å². The van der Waals surface area contributed by atoms with E-state index in [0.29, 0.717) is 6.54 Å². The van der Waals surface area contributed by atoms with Crippen LogP contribution in [0.15, 0.2) is 48.7 Å². The van der Waals surface area contributed by atoms with E-state index in [2.05, 4.69) is 5.10 Å². The third-order valence-corrected chi connectivity index (χ3v) is 3.32. The quantitative estimate of drug-likeness (QED) is 0.767. The molecule has 0 radical (unpaired) electrons. The molecule has 0 saturated carbocycles. The van der Waals surface area contributed by atoms with Gasteiger partial charge in [-0.2, -0.15) is 5.10 Å². The van der Waals surface area contributed by atoms with Crippen LogP contribution in [0.1, 0.15) is 6.92 Å². The number of benzene rings is 2. The Balaban J connectivity index is 2.12. The molecule has 0 aliphatic heterocycles. The van der Waals surface area contributed by atoms with Crippen LogP contribution in [0.2, 0.25) is 0 Å². The molecule has 0 fully saturated rings. The van der Waals surface area contributed by atoms with Gasteiger partial charge < -0.3 is 10.8 Å². The minimum Gasteiger partial charge on any atom is -0.507 e. The first-order valence-corrected chi connectivity index (χ1v) is 6.64. The Bertz CT molecular complexity index is 746. The lowest BCUT2D eigenvalue weighted by Gasteiger charge is -2.08. The Morgan fingerprint density at radius 2 is 2.05 bits per heavy atom. The van der Waals surface area contributed by atoms with Crippen LogP contribution in [0.4, 0.5) is 0 Å². The molecule has 0 aliphatic rings. The maximum absolute atomic E-state index is 9.96. The lowest BCUT2D eigenvalue weighted by atomic mass is 10.0. The first kappa shape index (κ1) is 12.7. The van der Waals surface area contributed by atoms with Crippen LogP contribution < -0.4 is 5.73 Å². The average molecular weight is 267 g/mol. The van der Waals surface area contributed by atoms with E-state index in [4.69, 9.17) is 5.73 Å². The van der Waals surface area contributed by atoms with E-state index >= 15 is 0 Å². The fraction of sp³-hybridized carbons (Fsp3) is 0.188. The zero-order chi connectivity index (χ0) is 14.1. The molecule has 0 spiro atoms. The molecular formula is C16H17N3O. The molecule has 0 bridgehead atoms. The molecule has 3 rings (SSSR count). The fourth-order valence-electron chi connectivity index (χ4n) is 2.37. The number of aromatic nitrogens is 2. The van der Waals surface area contributed by atoms with Gasteiger partial charge in [-0.3, -0.25) is 4.68 Å². The molecule has 0 amide bonds. The third-order valence-electron chi connectivity index (χ3n) is 3.32. The summed E-state index contributed by atoms with van der Waals surface area (Å²) in [6, 6.07) is 13.4. The molecule has 3 N–H and O–H groups in total. The van der Waals surface area contributed by atoms with E-state index < -0.39 is 0 Å². The van der Waals surface area contributed by atoms with E-state index in [-0.39, 0.29) is 11.8 Å². The smallest absolute Gasteiger partial charge is 0.123 e. The van der Waals surface area contributed by atoms with Crippen molar-refractivity contribution in [1.82, 2.24) is 9.78 Å². The maximum atomic E-state index is 9.96. The van der Waals surface area contributed by atoms with Crippen LogP contribution in [0, 0.1) is 0 Å². The molecule has 0 aliphatic carbocycles. The Hall–Kier alpha value is -2.33. The van der Waals surface area contributed by atoms with Crippen molar-refractivity contribution >= 4 is 10.9 Å². The molecule has 102 valence electrons. The summed E-state index contributed by atoms with van der Waals surface area (Å²) in [5.41, 5.74) is 8.67. The van der Waals surface area contributed by atoms with Gasteiger partial charge in [-0.25, -0.2) is 0 Å². The lowest BCUT2D eigenvalue weighted by Crippen LogP contribution is -2.22. The molecule has 1 aromatic heterocycles. The maximum Gasteiger partial charge on any atom is 0.123 e. The predicted octanol–water partition coefficient (Wildman–Crippen LogP) is 2.76. The minimum atomic E-state index is 0.0480. The van der Waals surface area contributed by atoms with E-state index in [9.17, 15) is 5.11 Å². The van der Waals surface area contributed by atoms with Crippen LogP contribution in [-0.2, 0) is 6.54 Å². The first-order valence-electron chi connectivity index (χ1n) is 6.64. The number of nitrogens with zero attached hydrogens (tertiary/aromatic N) is 2. The zero-order valence-electron chi connectivity index (χ0n) is 11.3. The number of hydrogen-bond donors (Lipinski definition) is 2. The van der Waals surface area contributed by atoms with Gasteiger partial charge in [0.25, 0.3) is 0 Å². The van der Waals surface area contributed by atoms with Crippen molar-refractivity contribution in [2.24, 2.45) is 5.73 Å². The molecule has 4 nitrogen and oxygen atoms in total. The van der Waals surface area contributed by atoms with Crippen molar-refractivity contribution in [1.29, 1.82) is 0 Å². The van der Waals surface area contributed by atoms with Gasteiger partial charge in [-0.05, 0) is 24.6 Å². The summed E-state index contributed by atoms with van der Waals surface area (Å²) in [4.78, 5) is 0. The third kappa shape index (κ3) is 2.26. The summed E-state index contributed by atoms with van der Waals surface area (Å²) >= 11 is 0. The summed E-state index contributed by atoms with van der Waals surface area (Å²) in [5.74, 6) is 0.283. The van der Waals surface area contributed by atoms with Crippen LogP contribution >= 0.6 is 0 Å². The average Bonchev–Trinajstić information content (AvgIpc) is 2.81. The Labute approximate surface area is 117 Å². The highest BCUT2D eigenvalue weighted by molar-refractivity contribution is 5.85. The van der Waals surface area contributed by atoms with Gasteiger partial charge in [0.2, 0.25) is 0 Å². The zero-order valence-corrected chi connectivity index (χ0v) is 11.3. The molecule has 1 atom stereocenters. The Morgan fingerprint density at radius 1 is 1.25 bits per heavy atom. The number of hydrogen-bond acceptors (Lipinski definition) is 3. The van der Waals surface area contributed by atoms with Crippen LogP contribution in [0.3, 0.4) is 0 Å². The van der Waals surface area contributed by atoms with Crippen molar-refractivity contribution in [3.8, 4) is 16.9 Å². The van der Waals surface area contributed by atoms with Crippen LogP contribution in [-0.4, -0.2) is 20.9 Å². The standard InChI is InChI=1S/C16H17N3O/c1-11(17)10-19-15-8-12(6-7-13(15)9-18-19)14-4-2-3-5-16(14)20/h2-9,11,20H,10,17H2,1H3. The summed E-state index contributed by atoms with van der Waals surface area (Å²) in [6.07, 6.45) is 1.84. The van der Waals surface area contributed by atoms with Crippen molar-refractivity contribution in [2.75, 3.05) is 0 Å². The second-order valence-corrected chi connectivity index (χ2v) is 5.09. The van der Waals surface area contributed by atoms with Crippen LogP contribution in [0.25, 0.3) is 22.0 Å². The van der Waals surface area contributed by atoms with Crippen molar-refractivity contribution in [2.45, 2.75) is 19.5 Å². The minimum absolute atomic E-state index is 0.0480. The van der Waals surface area contributed by atoms with Gasteiger partial charge >= 0.3 is 0 Å². The molecule has 1 unspecified atom stereocenters. The van der Waals surface area contributed by atoms with E-state index in [1.54, 1.807) is 6.07 Å². The van der Waals surface area contributed by atoms with Gasteiger partial charge in [0.15, 0.2) is 0 Å². The summed E-state index contributed by atoms with van der Waals surface area (Å²) in [5, 5.41) is 15.4. The Morgan fingerprint density at radius 3 is 2.80 bits per heavy atom. The number of aromatic hydroxyl groups is 1. The van der Waals surface area contributed by atoms with Gasteiger partial charge in [0, 0.05) is 17.0 Å². The Kier molecular flexibility index (Phi) is 3.16. The number of phenols is 1. The SMILES string of the molecule is CC(N)Cn1ncc2ccc(-c3ccccc3O)cc21. The van der Waals surface area contributed by atoms with Gasteiger partial charge in [0.05, 0.1) is 18.3 Å². The predicted molar refractivity (Wildman–Crippen MR) is 80.5 cm³/mol. The van der Waals surface area contributed by atoms with Crippen molar-refractivity contribution in [3.05, 3.63) is 48.7 Å². The largest absolute Gasteiger partial charge is 0.507 e. The topological polar surface area (TPSA) is 64.1 Å². The summed E-state index contributed by atoms with van der Waals surface area (Å²) in [6.45, 7) is 2.63. The molecule has 3 aromatic rings. The van der Waals surface area contributed by atoms with Crippen LogP contribution in [0.5, 0.6) is 5.75 Å². The highest BCUT2D eigenvalue weighted by Crippen LogP contribution is 2.30. The van der Waals surface area contributed by atoms with Gasteiger partial charge in [-0.15, -0.1) is 0 Å². The number of phenolic OH excluding ortho intramolecular Hbond substituents is 1.